The number of unbranched alkanes of at least 4 members (excludes halogenated alkanes) is 13. The molecule has 0 amide bonds. The normalized spacial score (nSPS) is 22.8. The monoisotopic (exact) mass is 952 g/mol. The summed E-state index contributed by atoms with van der Waals surface area (Å²) in [6.07, 6.45) is 22.5. The number of hydrogen-bond acceptors (Lipinski definition) is 14. The summed E-state index contributed by atoms with van der Waals surface area (Å²) in [6.45, 7) is 2.81. The Morgan fingerprint density at radius 1 is 0.594 bits per heavy atom. The number of phosphoric ester groups is 2. The van der Waals surface area contributed by atoms with Gasteiger partial charge in [0.05, 0.1) is 12.7 Å². The number of rotatable bonds is 37. The van der Waals surface area contributed by atoms with Crippen LogP contribution in [-0.2, 0) is 41.8 Å². The molecule has 0 aromatic carbocycles. The average molecular weight is 953 g/mol. The quantitative estimate of drug-likeness (QED) is 0.0100. The van der Waals surface area contributed by atoms with Crippen molar-refractivity contribution < 1.29 is 82.0 Å². The Morgan fingerprint density at radius 3 is 1.72 bits per heavy atom. The fourth-order valence-electron chi connectivity index (χ4n) is 6.61. The molecule has 0 heterocycles. The van der Waals surface area contributed by atoms with Gasteiger partial charge in [-0.15, -0.1) is 0 Å². The first-order valence-corrected chi connectivity index (χ1v) is 26.0. The van der Waals surface area contributed by atoms with Gasteiger partial charge >= 0.3 is 27.6 Å². The zero-order chi connectivity index (χ0) is 47.6. The van der Waals surface area contributed by atoms with Gasteiger partial charge in [0.2, 0.25) is 0 Å². The minimum Gasteiger partial charge on any atom is -0.462 e. The van der Waals surface area contributed by atoms with Gasteiger partial charge in [-0.2, -0.15) is 0 Å². The number of aliphatic hydroxyl groups is 5. The smallest absolute Gasteiger partial charge is 0.462 e. The molecule has 6 unspecified atom stereocenters. The molecular formula is C45H78O17P2. The number of phosphoric acid groups is 2. The molecule has 19 heteroatoms. The first kappa shape index (κ1) is 59.7. The van der Waals surface area contributed by atoms with Crippen LogP contribution < -0.4 is 0 Å². The maximum atomic E-state index is 13.0. The molecule has 1 aliphatic rings. The van der Waals surface area contributed by atoms with Crippen LogP contribution in [0.2, 0.25) is 0 Å². The number of carbonyl (C=O) groups is 2. The summed E-state index contributed by atoms with van der Waals surface area (Å²) in [4.78, 5) is 54.2. The Balaban J connectivity index is 2.67. The molecule has 1 fully saturated rings. The van der Waals surface area contributed by atoms with Crippen molar-refractivity contribution in [2.75, 3.05) is 13.2 Å². The highest BCUT2D eigenvalue weighted by molar-refractivity contribution is 7.47. The molecular weight excluding hydrogens is 874 g/mol. The summed E-state index contributed by atoms with van der Waals surface area (Å²) in [5, 5.41) is 51.0. The molecule has 64 heavy (non-hydrogen) atoms. The molecule has 0 bridgehead atoms. The molecule has 17 nitrogen and oxygen atoms in total. The van der Waals surface area contributed by atoms with Crippen LogP contribution in [0.15, 0.2) is 60.8 Å². The minimum absolute atomic E-state index is 0.0528. The lowest BCUT2D eigenvalue weighted by molar-refractivity contribution is -0.216. The van der Waals surface area contributed by atoms with Gasteiger partial charge in [-0.3, -0.25) is 23.2 Å². The lowest BCUT2D eigenvalue weighted by atomic mass is 9.85. The van der Waals surface area contributed by atoms with E-state index in [1.54, 1.807) is 6.08 Å². The topological polar surface area (TPSA) is 276 Å². The number of carbonyl (C=O) groups excluding carboxylic acids is 2. The van der Waals surface area contributed by atoms with Gasteiger partial charge < -0.3 is 49.7 Å². The number of allylic oxidation sites excluding steroid dienone is 8. The second-order valence-corrected chi connectivity index (χ2v) is 18.5. The maximum Gasteiger partial charge on any atom is 0.472 e. The third-order valence-electron chi connectivity index (χ3n) is 10.2. The second-order valence-electron chi connectivity index (χ2n) is 15.9. The Labute approximate surface area is 380 Å². The van der Waals surface area contributed by atoms with Crippen LogP contribution in [-0.4, -0.2) is 114 Å². The van der Waals surface area contributed by atoms with E-state index in [0.29, 0.717) is 32.1 Å². The van der Waals surface area contributed by atoms with Crippen LogP contribution in [0, 0.1) is 0 Å². The summed E-state index contributed by atoms with van der Waals surface area (Å²) in [7, 11) is -10.7. The lowest BCUT2D eigenvalue weighted by Crippen LogP contribution is -2.64. The van der Waals surface area contributed by atoms with E-state index < -0.39 is 89.6 Å². The van der Waals surface area contributed by atoms with Gasteiger partial charge in [-0.25, -0.2) is 9.13 Å². The zero-order valence-corrected chi connectivity index (χ0v) is 39.6. The average Bonchev–Trinajstić information content (AvgIpc) is 3.24. The Bertz CT molecular complexity index is 1490. The van der Waals surface area contributed by atoms with Crippen LogP contribution in [0.1, 0.15) is 149 Å². The molecule has 0 saturated heterocycles. The van der Waals surface area contributed by atoms with Crippen molar-refractivity contribution >= 4 is 27.6 Å². The fraction of sp³-hybridized carbons (Fsp3) is 0.733. The van der Waals surface area contributed by atoms with E-state index in [2.05, 4.69) is 11.4 Å². The van der Waals surface area contributed by atoms with Crippen LogP contribution in [0.4, 0.5) is 0 Å². The van der Waals surface area contributed by atoms with Crippen molar-refractivity contribution in [1.29, 1.82) is 0 Å². The van der Waals surface area contributed by atoms with Gasteiger partial charge in [-0.1, -0.05) is 152 Å². The minimum atomic E-state index is -5.38. The molecule has 8 N–H and O–H groups in total. The number of ether oxygens (including phenoxy) is 2. The van der Waals surface area contributed by atoms with Gasteiger partial charge in [0.25, 0.3) is 0 Å². The molecule has 1 aliphatic carbocycles. The van der Waals surface area contributed by atoms with Gasteiger partial charge in [-0.05, 0) is 44.9 Å². The van der Waals surface area contributed by atoms with E-state index >= 15 is 0 Å². The van der Waals surface area contributed by atoms with Crippen molar-refractivity contribution in [3.05, 3.63) is 60.8 Å². The summed E-state index contributed by atoms with van der Waals surface area (Å²) < 4.78 is 49.2. The number of aliphatic hydroxyl groups excluding tert-OH is 5. The van der Waals surface area contributed by atoms with Crippen LogP contribution in [0.5, 0.6) is 0 Å². The van der Waals surface area contributed by atoms with Crippen molar-refractivity contribution in [3.8, 4) is 0 Å². The van der Waals surface area contributed by atoms with Crippen LogP contribution in [0.3, 0.4) is 0 Å². The molecule has 0 spiro atoms. The molecule has 0 aromatic rings. The van der Waals surface area contributed by atoms with Crippen LogP contribution >= 0.6 is 15.6 Å². The first-order chi connectivity index (χ1) is 30.5. The second kappa shape index (κ2) is 35.8. The summed E-state index contributed by atoms with van der Waals surface area (Å²) >= 11 is 0. The number of hydrogen-bond donors (Lipinski definition) is 8. The predicted octanol–water partition coefficient (Wildman–Crippen LogP) is 7.25. The number of esters is 2. The van der Waals surface area contributed by atoms with Gasteiger partial charge in [0.1, 0.15) is 43.2 Å². The summed E-state index contributed by atoms with van der Waals surface area (Å²) in [5.74, 6) is -1.30. The molecule has 1 saturated carbocycles. The standard InChI is InChI=1S/C45H78O17P2/c1-3-5-7-8-9-10-11-12-16-19-22-25-28-32-38(47)58-34-37(35-59-64(56,57)62-45-42(51)40(49)41(50)44(43(45)52)61-63(53,54)55)60-39(48)33-29-26-23-20-17-14-13-15-18-21-24-27-31-36(46)30-6-4-2/h6,13-14,18,20-21,23-24,27,30,36-37,40-46,49-52H,3-5,7-12,15-17,19,22,25-26,28-29,31-35H2,1-2H3,(H,56,57)(H2,53,54,55)/b14-13-,21-18-,23-20-,27-24+,30-6-/t36?,37-,40?,41?,42?,43?,44-,45+/m1/s1. The third-order valence-corrected chi connectivity index (χ3v) is 11.7. The molecule has 370 valence electrons. The zero-order valence-electron chi connectivity index (χ0n) is 37.8. The molecule has 9 atom stereocenters. The van der Waals surface area contributed by atoms with Gasteiger partial charge in [0, 0.05) is 12.8 Å². The predicted molar refractivity (Wildman–Crippen MR) is 242 cm³/mol. The molecule has 0 aromatic heterocycles. The Hall–Kier alpha value is -2.34. The molecule has 1 rings (SSSR count). The van der Waals surface area contributed by atoms with Crippen molar-refractivity contribution in [3.63, 3.8) is 0 Å². The fourth-order valence-corrected chi connectivity index (χ4v) is 8.15. The van der Waals surface area contributed by atoms with Gasteiger partial charge in [0.15, 0.2) is 6.10 Å². The Kier molecular flexibility index (Phi) is 33.4. The highest BCUT2D eigenvalue weighted by Gasteiger charge is 2.54. The summed E-state index contributed by atoms with van der Waals surface area (Å²) in [6, 6.07) is 0. The SMILES string of the molecule is CC/C=C\C(O)C/C=C/C=C\C/C=C\C/C=C\CCCC(=O)O[C@H](COC(=O)CCCCCCCCCCCCCCC)COP(=O)(O)O[C@H]1C(O)C(O)C(O)[C@@H](OP(=O)(O)O)C1O. The highest BCUT2D eigenvalue weighted by atomic mass is 31.2. The van der Waals surface area contributed by atoms with Crippen LogP contribution in [0.25, 0.3) is 0 Å². The van der Waals surface area contributed by atoms with Crippen molar-refractivity contribution in [1.82, 2.24) is 0 Å². The van der Waals surface area contributed by atoms with E-state index in [1.165, 1.54) is 51.4 Å². The van der Waals surface area contributed by atoms with E-state index in [4.69, 9.17) is 28.3 Å². The molecule has 0 radical (unpaired) electrons. The highest BCUT2D eigenvalue weighted by Crippen LogP contribution is 2.49. The van der Waals surface area contributed by atoms with Crippen molar-refractivity contribution in [2.24, 2.45) is 0 Å². The Morgan fingerprint density at radius 2 is 1.12 bits per heavy atom. The van der Waals surface area contributed by atoms with E-state index in [-0.39, 0.29) is 12.8 Å². The van der Waals surface area contributed by atoms with E-state index in [9.17, 15) is 49.1 Å². The third kappa shape index (κ3) is 30.0. The van der Waals surface area contributed by atoms with E-state index in [1.807, 2.05) is 61.6 Å². The largest absolute Gasteiger partial charge is 0.472 e. The maximum absolute atomic E-state index is 13.0. The first-order valence-electron chi connectivity index (χ1n) is 22.9. The van der Waals surface area contributed by atoms with Crippen molar-refractivity contribution in [2.45, 2.75) is 198 Å². The molecule has 0 aliphatic heterocycles. The summed E-state index contributed by atoms with van der Waals surface area (Å²) in [5.41, 5.74) is 0. The lowest BCUT2D eigenvalue weighted by Gasteiger charge is -2.43. The van der Waals surface area contributed by atoms with E-state index in [0.717, 1.165) is 38.5 Å².